The van der Waals surface area contributed by atoms with Crippen molar-refractivity contribution in [3.8, 4) is 11.5 Å². The van der Waals surface area contributed by atoms with Crippen LogP contribution in [0.4, 0.5) is 0 Å². The molecule has 1 aromatic carbocycles. The number of H-pyrrole nitrogens is 1. The molecule has 9 nitrogen and oxygen atoms in total. The smallest absolute Gasteiger partial charge is 0.332 e. The topological polar surface area (TPSA) is 112 Å². The Morgan fingerprint density at radius 1 is 1.09 bits per heavy atom. The van der Waals surface area contributed by atoms with Crippen LogP contribution in [-0.2, 0) is 19.5 Å². The molecular formula is C22H25ClN6O3. The summed E-state index contributed by atoms with van der Waals surface area (Å²) in [5.74, 6) is 1.09. The molecule has 0 aliphatic carbocycles. The Labute approximate surface area is 189 Å². The summed E-state index contributed by atoms with van der Waals surface area (Å²) in [6.45, 7) is 4.82. The maximum Gasteiger partial charge on any atom is 0.332 e. The number of nitrogens with zero attached hydrogens (tertiary/aromatic N) is 5. The monoisotopic (exact) mass is 456 g/mol. The van der Waals surface area contributed by atoms with Gasteiger partial charge in [-0.1, -0.05) is 36.2 Å². The molecule has 0 saturated heterocycles. The number of aromatic nitrogens is 6. The lowest BCUT2D eigenvalue weighted by atomic mass is 10.1. The molecule has 0 aliphatic rings. The SMILES string of the molecule is CCCCn1c(=O)n(CCCCc2noc(-c3cccc(C)c3)n2)c(=O)c2[nH]c(Cl)nc21. The molecule has 1 N–H and O–H groups in total. The Kier molecular flexibility index (Phi) is 6.55. The number of hydrogen-bond donors (Lipinski definition) is 1. The van der Waals surface area contributed by atoms with Gasteiger partial charge in [0.25, 0.3) is 11.4 Å². The average molecular weight is 457 g/mol. The minimum atomic E-state index is -0.404. The van der Waals surface area contributed by atoms with Gasteiger partial charge >= 0.3 is 5.69 Å². The number of benzene rings is 1. The zero-order valence-electron chi connectivity index (χ0n) is 18.1. The van der Waals surface area contributed by atoms with E-state index in [4.69, 9.17) is 16.1 Å². The molecule has 3 aromatic heterocycles. The third kappa shape index (κ3) is 4.52. The van der Waals surface area contributed by atoms with E-state index >= 15 is 0 Å². The molecule has 0 aliphatic heterocycles. The molecule has 0 unspecified atom stereocenters. The Morgan fingerprint density at radius 3 is 2.69 bits per heavy atom. The predicted molar refractivity (Wildman–Crippen MR) is 122 cm³/mol. The van der Waals surface area contributed by atoms with Gasteiger partial charge in [0.1, 0.15) is 0 Å². The van der Waals surface area contributed by atoms with E-state index in [2.05, 4.69) is 20.1 Å². The van der Waals surface area contributed by atoms with E-state index < -0.39 is 5.56 Å². The zero-order chi connectivity index (χ0) is 22.7. The van der Waals surface area contributed by atoms with Crippen molar-refractivity contribution in [2.24, 2.45) is 0 Å². The summed E-state index contributed by atoms with van der Waals surface area (Å²) in [4.78, 5) is 37.1. The van der Waals surface area contributed by atoms with Gasteiger partial charge in [-0.3, -0.25) is 13.9 Å². The average Bonchev–Trinajstić information content (AvgIpc) is 3.40. The van der Waals surface area contributed by atoms with Crippen LogP contribution in [0.1, 0.15) is 44.0 Å². The van der Waals surface area contributed by atoms with E-state index in [1.165, 1.54) is 9.13 Å². The van der Waals surface area contributed by atoms with E-state index in [0.29, 0.717) is 49.7 Å². The van der Waals surface area contributed by atoms with Gasteiger partial charge in [-0.05, 0) is 49.9 Å². The summed E-state index contributed by atoms with van der Waals surface area (Å²) < 4.78 is 8.14. The van der Waals surface area contributed by atoms with Crippen LogP contribution in [0.5, 0.6) is 0 Å². The van der Waals surface area contributed by atoms with Gasteiger partial charge in [0, 0.05) is 25.1 Å². The molecule has 0 saturated carbocycles. The fourth-order valence-electron chi connectivity index (χ4n) is 3.66. The second-order valence-corrected chi connectivity index (χ2v) is 8.17. The second-order valence-electron chi connectivity index (χ2n) is 7.81. The van der Waals surface area contributed by atoms with E-state index in [9.17, 15) is 9.59 Å². The van der Waals surface area contributed by atoms with E-state index in [0.717, 1.165) is 24.0 Å². The van der Waals surface area contributed by atoms with Crippen molar-refractivity contribution in [2.45, 2.75) is 59.0 Å². The Morgan fingerprint density at radius 2 is 1.91 bits per heavy atom. The number of halogens is 1. The summed E-state index contributed by atoms with van der Waals surface area (Å²) in [5.41, 5.74) is 1.80. The maximum absolute atomic E-state index is 13.0. The van der Waals surface area contributed by atoms with Crippen LogP contribution in [0.2, 0.25) is 5.28 Å². The highest BCUT2D eigenvalue weighted by Crippen LogP contribution is 2.18. The molecule has 4 rings (SSSR count). The van der Waals surface area contributed by atoms with Crippen LogP contribution in [0.15, 0.2) is 38.4 Å². The minimum absolute atomic E-state index is 0.0982. The van der Waals surface area contributed by atoms with Crippen molar-refractivity contribution < 1.29 is 4.52 Å². The molecule has 0 radical (unpaired) electrons. The number of hydrogen-bond acceptors (Lipinski definition) is 6. The quantitative estimate of drug-likeness (QED) is 0.303. The molecule has 32 heavy (non-hydrogen) atoms. The van der Waals surface area contributed by atoms with Gasteiger partial charge in [0.2, 0.25) is 5.28 Å². The van der Waals surface area contributed by atoms with Crippen molar-refractivity contribution in [3.63, 3.8) is 0 Å². The molecule has 0 bridgehead atoms. The predicted octanol–water partition coefficient (Wildman–Crippen LogP) is 3.72. The molecule has 0 amide bonds. The van der Waals surface area contributed by atoms with Gasteiger partial charge in [0.05, 0.1) is 0 Å². The van der Waals surface area contributed by atoms with E-state index in [1.54, 1.807) is 0 Å². The molecule has 4 aromatic rings. The van der Waals surface area contributed by atoms with Crippen molar-refractivity contribution in [1.29, 1.82) is 0 Å². The summed E-state index contributed by atoms with van der Waals surface area (Å²) in [7, 11) is 0. The van der Waals surface area contributed by atoms with Crippen LogP contribution < -0.4 is 11.2 Å². The number of unbranched alkanes of at least 4 members (excludes halogenated alkanes) is 2. The maximum atomic E-state index is 13.0. The zero-order valence-corrected chi connectivity index (χ0v) is 18.9. The van der Waals surface area contributed by atoms with Gasteiger partial charge < -0.3 is 9.51 Å². The third-order valence-electron chi connectivity index (χ3n) is 5.33. The lowest BCUT2D eigenvalue weighted by Crippen LogP contribution is -2.40. The number of nitrogens with one attached hydrogen (secondary N) is 1. The summed E-state index contributed by atoms with van der Waals surface area (Å²) in [6.07, 6.45) is 3.63. The first-order valence-electron chi connectivity index (χ1n) is 10.8. The molecular weight excluding hydrogens is 432 g/mol. The lowest BCUT2D eigenvalue weighted by molar-refractivity contribution is 0.420. The first-order chi connectivity index (χ1) is 15.5. The van der Waals surface area contributed by atoms with Crippen molar-refractivity contribution in [3.05, 3.63) is 61.8 Å². The van der Waals surface area contributed by atoms with Gasteiger partial charge in [-0.15, -0.1) is 0 Å². The van der Waals surface area contributed by atoms with E-state index in [-0.39, 0.29) is 16.5 Å². The van der Waals surface area contributed by atoms with Crippen LogP contribution in [0.25, 0.3) is 22.6 Å². The third-order valence-corrected chi connectivity index (χ3v) is 5.51. The highest BCUT2D eigenvalue weighted by molar-refractivity contribution is 6.28. The summed E-state index contributed by atoms with van der Waals surface area (Å²) >= 11 is 5.96. The fourth-order valence-corrected chi connectivity index (χ4v) is 3.83. The largest absolute Gasteiger partial charge is 0.334 e. The first-order valence-corrected chi connectivity index (χ1v) is 11.1. The molecule has 3 heterocycles. The number of rotatable bonds is 9. The molecule has 10 heteroatoms. The van der Waals surface area contributed by atoms with Crippen molar-refractivity contribution in [2.75, 3.05) is 0 Å². The van der Waals surface area contributed by atoms with Crippen LogP contribution in [-0.4, -0.2) is 29.2 Å². The molecule has 0 atom stereocenters. The molecule has 0 fully saturated rings. The normalized spacial score (nSPS) is 11.5. The van der Waals surface area contributed by atoms with Crippen LogP contribution >= 0.6 is 11.6 Å². The molecule has 0 spiro atoms. The number of aryl methyl sites for hydroxylation is 3. The Balaban J connectivity index is 1.46. The summed E-state index contributed by atoms with van der Waals surface area (Å²) in [5, 5.41) is 4.14. The molecule has 168 valence electrons. The standard InChI is InChI=1S/C22H25ClN6O3/c1-3-4-11-28-18-17(25-21(23)26-18)20(30)29(22(28)31)12-6-5-10-16-24-19(32-27-16)15-9-7-8-14(2)13-15/h7-9,13H,3-6,10-12H2,1-2H3,(H,25,26). The summed E-state index contributed by atoms with van der Waals surface area (Å²) in [6, 6.07) is 7.88. The Bertz CT molecular complexity index is 1350. The van der Waals surface area contributed by atoms with Crippen LogP contribution in [0.3, 0.4) is 0 Å². The number of aromatic amines is 1. The first kappa shape index (κ1) is 22.0. The number of fused-ring (bicyclic) bond motifs is 1. The minimum Gasteiger partial charge on any atom is -0.334 e. The van der Waals surface area contributed by atoms with E-state index in [1.807, 2.05) is 38.1 Å². The van der Waals surface area contributed by atoms with Gasteiger partial charge in [-0.25, -0.2) is 4.79 Å². The van der Waals surface area contributed by atoms with Crippen LogP contribution in [0, 0.1) is 6.92 Å². The van der Waals surface area contributed by atoms with Crippen molar-refractivity contribution >= 4 is 22.8 Å². The van der Waals surface area contributed by atoms with Crippen molar-refractivity contribution in [1.82, 2.24) is 29.2 Å². The number of imidazole rings is 1. The Hall–Kier alpha value is -3.20. The fraction of sp³-hybridized carbons (Fsp3) is 0.409. The van der Waals surface area contributed by atoms with Gasteiger partial charge in [-0.2, -0.15) is 9.97 Å². The highest BCUT2D eigenvalue weighted by atomic mass is 35.5. The second kappa shape index (κ2) is 9.52. The lowest BCUT2D eigenvalue weighted by Gasteiger charge is -2.10. The highest BCUT2D eigenvalue weighted by Gasteiger charge is 2.17. The van der Waals surface area contributed by atoms with Gasteiger partial charge in [0.15, 0.2) is 17.0 Å².